The van der Waals surface area contributed by atoms with Gasteiger partial charge >= 0.3 is 0 Å². The van der Waals surface area contributed by atoms with Crippen molar-refractivity contribution in [2.75, 3.05) is 7.05 Å². The molecule has 0 atom stereocenters. The first-order valence-electron chi connectivity index (χ1n) is 3.09. The smallest absolute Gasteiger partial charge is 0.0856 e. The van der Waals surface area contributed by atoms with E-state index < -0.39 is 0 Å². The number of nitrogens with one attached hydrogen (secondary N) is 4. The first kappa shape index (κ1) is 6.91. The first-order valence-corrected chi connectivity index (χ1v) is 3.09. The highest BCUT2D eigenvalue weighted by molar-refractivity contribution is 4.56. The fraction of sp³-hybridized carbons (Fsp3) is 1.00. The van der Waals surface area contributed by atoms with Crippen molar-refractivity contribution in [3.8, 4) is 0 Å². The molecule has 0 saturated carbocycles. The minimum atomic E-state index is 0.307. The molecule has 1 saturated heterocycles. The lowest BCUT2D eigenvalue weighted by atomic mass is 10.4. The van der Waals surface area contributed by atoms with Crippen LogP contribution in [-0.4, -0.2) is 18.3 Å². The minimum absolute atomic E-state index is 0.307. The third kappa shape index (κ3) is 1.88. The van der Waals surface area contributed by atoms with Crippen molar-refractivity contribution in [2.45, 2.75) is 19.5 Å². The molecule has 0 aromatic carbocycles. The zero-order valence-electron chi connectivity index (χ0n) is 5.73. The Morgan fingerprint density at radius 1 is 1.33 bits per heavy atom. The van der Waals surface area contributed by atoms with Gasteiger partial charge in [0.05, 0.1) is 6.17 Å². The minimum Gasteiger partial charge on any atom is -0.225 e. The standard InChI is InChI=1S/C4H13N5/c1-3-4-5-7-9(2)8-6-4/h4-8H,3H2,1-2H3. The van der Waals surface area contributed by atoms with Gasteiger partial charge < -0.3 is 0 Å². The summed E-state index contributed by atoms with van der Waals surface area (Å²) in [5.41, 5.74) is 11.8. The van der Waals surface area contributed by atoms with Crippen molar-refractivity contribution in [1.29, 1.82) is 0 Å². The van der Waals surface area contributed by atoms with Crippen molar-refractivity contribution >= 4 is 0 Å². The predicted octanol–water partition coefficient (Wildman–Crippen LogP) is -1.31. The van der Waals surface area contributed by atoms with Crippen LogP contribution in [0.1, 0.15) is 13.3 Å². The second-order valence-electron chi connectivity index (χ2n) is 2.03. The Hall–Kier alpha value is -0.200. The van der Waals surface area contributed by atoms with E-state index in [1.165, 1.54) is 0 Å². The number of hydrazine groups is 4. The number of rotatable bonds is 1. The van der Waals surface area contributed by atoms with Gasteiger partial charge in [-0.15, -0.1) is 0 Å². The van der Waals surface area contributed by atoms with Crippen LogP contribution in [0.4, 0.5) is 0 Å². The van der Waals surface area contributed by atoms with E-state index >= 15 is 0 Å². The van der Waals surface area contributed by atoms with E-state index in [4.69, 9.17) is 0 Å². The molecule has 0 bridgehead atoms. The van der Waals surface area contributed by atoms with Gasteiger partial charge in [-0.25, -0.2) is 10.9 Å². The lowest BCUT2D eigenvalue weighted by Gasteiger charge is -2.31. The van der Waals surface area contributed by atoms with Crippen LogP contribution in [0.15, 0.2) is 0 Å². The van der Waals surface area contributed by atoms with Gasteiger partial charge in [0.2, 0.25) is 0 Å². The maximum absolute atomic E-state index is 3.02. The molecule has 0 aromatic rings. The third-order valence-corrected chi connectivity index (χ3v) is 1.22. The molecule has 1 heterocycles. The second kappa shape index (κ2) is 3.09. The van der Waals surface area contributed by atoms with Crippen molar-refractivity contribution in [3.05, 3.63) is 0 Å². The van der Waals surface area contributed by atoms with Gasteiger partial charge in [0.1, 0.15) is 0 Å². The fourth-order valence-electron chi connectivity index (χ4n) is 0.618. The molecule has 5 heteroatoms. The van der Waals surface area contributed by atoms with Gasteiger partial charge in [0, 0.05) is 7.05 Å². The Morgan fingerprint density at radius 3 is 2.33 bits per heavy atom. The molecule has 0 aromatic heterocycles. The Morgan fingerprint density at radius 2 is 1.89 bits per heavy atom. The van der Waals surface area contributed by atoms with E-state index in [-0.39, 0.29) is 0 Å². The molecule has 0 aliphatic carbocycles. The van der Waals surface area contributed by atoms with E-state index in [0.29, 0.717) is 6.17 Å². The van der Waals surface area contributed by atoms with Crippen LogP contribution in [0.3, 0.4) is 0 Å². The van der Waals surface area contributed by atoms with Crippen molar-refractivity contribution in [3.63, 3.8) is 0 Å². The van der Waals surface area contributed by atoms with E-state index in [1.807, 2.05) is 7.05 Å². The maximum atomic E-state index is 3.02. The lowest BCUT2D eigenvalue weighted by Crippen LogP contribution is -2.69. The molecule has 1 fully saturated rings. The molecule has 0 spiro atoms. The molecule has 54 valence electrons. The molecular weight excluding hydrogens is 118 g/mol. The monoisotopic (exact) mass is 131 g/mol. The van der Waals surface area contributed by atoms with Crippen molar-refractivity contribution in [2.24, 2.45) is 0 Å². The third-order valence-electron chi connectivity index (χ3n) is 1.22. The van der Waals surface area contributed by atoms with Crippen molar-refractivity contribution in [1.82, 2.24) is 27.0 Å². The van der Waals surface area contributed by atoms with Crippen LogP contribution in [0, 0.1) is 0 Å². The van der Waals surface area contributed by atoms with Crippen molar-refractivity contribution < 1.29 is 0 Å². The molecular formula is C4H13N5. The molecule has 9 heavy (non-hydrogen) atoms. The highest BCUT2D eigenvalue weighted by atomic mass is 15.9. The van der Waals surface area contributed by atoms with E-state index in [1.54, 1.807) is 5.12 Å². The molecule has 5 nitrogen and oxygen atoms in total. The van der Waals surface area contributed by atoms with Gasteiger partial charge in [-0.2, -0.15) is 16.2 Å². The van der Waals surface area contributed by atoms with Crippen LogP contribution >= 0.6 is 0 Å². The van der Waals surface area contributed by atoms with Crippen LogP contribution in [0.5, 0.6) is 0 Å². The average molecular weight is 131 g/mol. The summed E-state index contributed by atoms with van der Waals surface area (Å²) in [6, 6.07) is 0. The number of nitrogens with zero attached hydrogens (tertiary/aromatic N) is 1. The SMILES string of the molecule is CCC1NNN(C)NN1. The highest BCUT2D eigenvalue weighted by Gasteiger charge is 2.09. The summed E-state index contributed by atoms with van der Waals surface area (Å²) >= 11 is 0. The van der Waals surface area contributed by atoms with E-state index in [2.05, 4.69) is 28.8 Å². The van der Waals surface area contributed by atoms with Crippen LogP contribution in [-0.2, 0) is 0 Å². The summed E-state index contributed by atoms with van der Waals surface area (Å²) < 4.78 is 0. The molecule has 0 unspecified atom stereocenters. The topological polar surface area (TPSA) is 51.4 Å². The zero-order valence-corrected chi connectivity index (χ0v) is 5.73. The second-order valence-corrected chi connectivity index (χ2v) is 2.03. The lowest BCUT2D eigenvalue weighted by molar-refractivity contribution is 0.0147. The van der Waals surface area contributed by atoms with Crippen LogP contribution in [0.2, 0.25) is 0 Å². The summed E-state index contributed by atoms with van der Waals surface area (Å²) in [6.07, 6.45) is 1.34. The Kier molecular flexibility index (Phi) is 2.38. The van der Waals surface area contributed by atoms with Gasteiger partial charge in [-0.3, -0.25) is 0 Å². The summed E-state index contributed by atoms with van der Waals surface area (Å²) in [4.78, 5) is 0. The summed E-state index contributed by atoms with van der Waals surface area (Å²) in [7, 11) is 1.87. The van der Waals surface area contributed by atoms with Gasteiger partial charge in [0.15, 0.2) is 0 Å². The zero-order chi connectivity index (χ0) is 6.69. The molecule has 0 radical (unpaired) electrons. The Labute approximate surface area is 54.7 Å². The molecule has 1 aliphatic heterocycles. The Balaban J connectivity index is 2.18. The number of hydrogen-bond donors (Lipinski definition) is 4. The highest BCUT2D eigenvalue weighted by Crippen LogP contribution is 1.83. The predicted molar refractivity (Wildman–Crippen MR) is 34.4 cm³/mol. The van der Waals surface area contributed by atoms with E-state index in [9.17, 15) is 0 Å². The normalized spacial score (nSPS) is 24.7. The maximum Gasteiger partial charge on any atom is 0.0856 e. The Bertz CT molecular complexity index is 77.0. The quantitative estimate of drug-likeness (QED) is 0.356. The summed E-state index contributed by atoms with van der Waals surface area (Å²) in [5, 5.41) is 1.70. The summed E-state index contributed by atoms with van der Waals surface area (Å²) in [5.74, 6) is 0. The molecule has 4 N–H and O–H groups in total. The van der Waals surface area contributed by atoms with Crippen LogP contribution in [0.25, 0.3) is 0 Å². The summed E-state index contributed by atoms with van der Waals surface area (Å²) in [6.45, 7) is 2.10. The molecule has 0 amide bonds. The van der Waals surface area contributed by atoms with Crippen LogP contribution < -0.4 is 21.9 Å². The number of hydrogen-bond acceptors (Lipinski definition) is 5. The van der Waals surface area contributed by atoms with Gasteiger partial charge in [0.25, 0.3) is 0 Å². The fourth-order valence-corrected chi connectivity index (χ4v) is 0.618. The first-order chi connectivity index (χ1) is 4.33. The molecule has 1 rings (SSSR count). The van der Waals surface area contributed by atoms with Gasteiger partial charge in [-0.1, -0.05) is 6.92 Å². The average Bonchev–Trinajstić information content (AvgIpc) is 1.90. The molecule has 1 aliphatic rings. The largest absolute Gasteiger partial charge is 0.225 e. The van der Waals surface area contributed by atoms with E-state index in [0.717, 1.165) is 6.42 Å². The van der Waals surface area contributed by atoms with Gasteiger partial charge in [-0.05, 0) is 6.42 Å².